The molecule has 0 aromatic carbocycles. The van der Waals surface area contributed by atoms with Crippen LogP contribution in [-0.4, -0.2) is 46.5 Å². The first-order valence-electron chi connectivity index (χ1n) is 13.5. The Labute approximate surface area is 184 Å². The summed E-state index contributed by atoms with van der Waals surface area (Å²) in [6.07, 6.45) is 10.7. The van der Waals surface area contributed by atoms with Crippen molar-refractivity contribution in [3.63, 3.8) is 0 Å². The number of piperidine rings is 2. The normalized spacial score (nSPS) is 60.7. The van der Waals surface area contributed by atoms with Gasteiger partial charge in [0.25, 0.3) is 0 Å². The molecule has 0 spiro atoms. The number of fused-ring (bicyclic) bond motifs is 8. The Balaban J connectivity index is 1.28. The maximum atomic E-state index is 11.2. The minimum absolute atomic E-state index is 0.180. The molecule has 0 amide bonds. The van der Waals surface area contributed by atoms with Crippen LogP contribution >= 0.6 is 0 Å². The largest absolute Gasteiger partial charge is 0.393 e. The molecule has 13 atom stereocenters. The fraction of sp³-hybridized carbons (Fsp3) is 1.00. The zero-order valence-electron chi connectivity index (χ0n) is 19.5. The van der Waals surface area contributed by atoms with E-state index in [0.717, 1.165) is 79.1 Å². The molecule has 6 rings (SSSR count). The Bertz CT molecular complexity index is 665. The van der Waals surface area contributed by atoms with Crippen LogP contribution in [0.25, 0.3) is 0 Å². The SMILES string of the molecule is C[C@@H]1CC[C@H]2[C@H](C)[C@H]3CC[C@@H]4[C@@H](C[C@H]5[C@H]4C[C@H](O)[C@H]4C[C@@H](O)CC[C@@]45C)[C@H]3CN2C1. The van der Waals surface area contributed by atoms with E-state index < -0.39 is 0 Å². The van der Waals surface area contributed by atoms with Crippen LogP contribution in [0.5, 0.6) is 0 Å². The lowest BCUT2D eigenvalue weighted by atomic mass is 9.51. The summed E-state index contributed by atoms with van der Waals surface area (Å²) in [5.74, 6) is 7.22. The van der Waals surface area contributed by atoms with E-state index in [1.807, 2.05) is 0 Å². The summed E-state index contributed by atoms with van der Waals surface area (Å²) in [6.45, 7) is 10.3. The number of rotatable bonds is 0. The van der Waals surface area contributed by atoms with E-state index in [0.29, 0.717) is 5.92 Å². The third-order valence-electron chi connectivity index (χ3n) is 12.0. The fourth-order valence-electron chi connectivity index (χ4n) is 10.6. The Hall–Kier alpha value is -0.120. The molecule has 6 aliphatic rings. The van der Waals surface area contributed by atoms with E-state index in [1.165, 1.54) is 45.2 Å². The van der Waals surface area contributed by atoms with Crippen molar-refractivity contribution in [1.29, 1.82) is 0 Å². The van der Waals surface area contributed by atoms with Crippen LogP contribution in [0.1, 0.15) is 78.6 Å². The van der Waals surface area contributed by atoms with E-state index in [2.05, 4.69) is 25.7 Å². The molecule has 2 heterocycles. The summed E-state index contributed by atoms with van der Waals surface area (Å²) >= 11 is 0. The first-order valence-corrected chi connectivity index (χ1v) is 13.5. The average Bonchev–Trinajstić information content (AvgIpc) is 3.09. The Morgan fingerprint density at radius 2 is 1.53 bits per heavy atom. The molecule has 0 aromatic rings. The van der Waals surface area contributed by atoms with Crippen molar-refractivity contribution in [3.05, 3.63) is 0 Å². The average molecular weight is 416 g/mol. The zero-order valence-corrected chi connectivity index (χ0v) is 19.5. The first-order chi connectivity index (χ1) is 14.4. The van der Waals surface area contributed by atoms with E-state index in [9.17, 15) is 10.2 Å². The topological polar surface area (TPSA) is 43.7 Å². The summed E-state index contributed by atoms with van der Waals surface area (Å²) < 4.78 is 0. The fourth-order valence-corrected chi connectivity index (χ4v) is 10.6. The van der Waals surface area contributed by atoms with Crippen LogP contribution in [-0.2, 0) is 0 Å². The maximum Gasteiger partial charge on any atom is 0.0577 e. The minimum Gasteiger partial charge on any atom is -0.393 e. The Morgan fingerprint density at radius 3 is 2.37 bits per heavy atom. The molecule has 3 nitrogen and oxygen atoms in total. The predicted molar refractivity (Wildman–Crippen MR) is 120 cm³/mol. The first kappa shape index (κ1) is 20.5. The highest BCUT2D eigenvalue weighted by Crippen LogP contribution is 2.67. The summed E-state index contributed by atoms with van der Waals surface area (Å²) in [4.78, 5) is 2.92. The van der Waals surface area contributed by atoms with Gasteiger partial charge in [0.15, 0.2) is 0 Å². The summed E-state index contributed by atoms with van der Waals surface area (Å²) in [6, 6.07) is 0.853. The lowest BCUT2D eigenvalue weighted by Crippen LogP contribution is -2.58. The molecule has 0 bridgehead atoms. The van der Waals surface area contributed by atoms with Gasteiger partial charge in [-0.3, -0.25) is 4.90 Å². The van der Waals surface area contributed by atoms with Gasteiger partial charge in [0.05, 0.1) is 12.2 Å². The maximum absolute atomic E-state index is 11.2. The molecular weight excluding hydrogens is 370 g/mol. The van der Waals surface area contributed by atoms with Crippen LogP contribution in [0.2, 0.25) is 0 Å². The second-order valence-electron chi connectivity index (χ2n) is 13.1. The van der Waals surface area contributed by atoms with E-state index >= 15 is 0 Å². The lowest BCUT2D eigenvalue weighted by molar-refractivity contribution is -0.130. The van der Waals surface area contributed by atoms with Gasteiger partial charge in [-0.2, -0.15) is 0 Å². The number of hydrogen-bond acceptors (Lipinski definition) is 3. The van der Waals surface area contributed by atoms with Gasteiger partial charge in [-0.15, -0.1) is 0 Å². The van der Waals surface area contributed by atoms with Crippen molar-refractivity contribution < 1.29 is 10.2 Å². The van der Waals surface area contributed by atoms with Crippen molar-refractivity contribution in [3.8, 4) is 0 Å². The highest BCUT2D eigenvalue weighted by molar-refractivity contribution is 5.12. The number of aliphatic hydroxyl groups excluding tert-OH is 2. The van der Waals surface area contributed by atoms with Gasteiger partial charge < -0.3 is 10.2 Å². The molecule has 30 heavy (non-hydrogen) atoms. The molecule has 3 heteroatoms. The predicted octanol–water partition coefficient (Wildman–Crippen LogP) is 4.56. The number of aliphatic hydroxyl groups is 2. The van der Waals surface area contributed by atoms with Gasteiger partial charge in [0.1, 0.15) is 0 Å². The van der Waals surface area contributed by atoms with Crippen molar-refractivity contribution in [2.75, 3.05) is 13.1 Å². The molecule has 4 saturated carbocycles. The van der Waals surface area contributed by atoms with Gasteiger partial charge in [0.2, 0.25) is 0 Å². The zero-order chi connectivity index (χ0) is 20.8. The van der Waals surface area contributed by atoms with E-state index in [-0.39, 0.29) is 17.6 Å². The summed E-state index contributed by atoms with van der Waals surface area (Å²) in [5.41, 5.74) is 0.261. The molecule has 0 radical (unpaired) electrons. The van der Waals surface area contributed by atoms with Crippen LogP contribution in [0.4, 0.5) is 0 Å². The number of hydrogen-bond donors (Lipinski definition) is 2. The molecule has 4 aliphatic carbocycles. The number of nitrogens with zero attached hydrogens (tertiary/aromatic N) is 1. The van der Waals surface area contributed by atoms with Crippen molar-refractivity contribution in [2.24, 2.45) is 58.7 Å². The summed E-state index contributed by atoms with van der Waals surface area (Å²) in [7, 11) is 0. The van der Waals surface area contributed by atoms with Gasteiger partial charge in [-0.1, -0.05) is 20.8 Å². The van der Waals surface area contributed by atoms with E-state index in [1.54, 1.807) is 0 Å². The van der Waals surface area contributed by atoms with Gasteiger partial charge in [-0.05, 0) is 116 Å². The molecule has 0 unspecified atom stereocenters. The second-order valence-corrected chi connectivity index (χ2v) is 13.1. The van der Waals surface area contributed by atoms with E-state index in [4.69, 9.17) is 0 Å². The molecule has 2 saturated heterocycles. The Morgan fingerprint density at radius 1 is 0.733 bits per heavy atom. The van der Waals surface area contributed by atoms with Crippen molar-refractivity contribution >= 4 is 0 Å². The van der Waals surface area contributed by atoms with Crippen LogP contribution in [0.15, 0.2) is 0 Å². The van der Waals surface area contributed by atoms with Crippen molar-refractivity contribution in [1.82, 2.24) is 4.90 Å². The smallest absolute Gasteiger partial charge is 0.0577 e. The van der Waals surface area contributed by atoms with Gasteiger partial charge in [0, 0.05) is 19.1 Å². The molecule has 2 N–H and O–H groups in total. The molecule has 0 aromatic heterocycles. The van der Waals surface area contributed by atoms with Crippen LogP contribution in [0.3, 0.4) is 0 Å². The second kappa shape index (κ2) is 7.19. The van der Waals surface area contributed by atoms with Gasteiger partial charge in [-0.25, -0.2) is 0 Å². The lowest BCUT2D eigenvalue weighted by Gasteiger charge is -2.56. The molecule has 2 aliphatic heterocycles. The van der Waals surface area contributed by atoms with Crippen molar-refractivity contribution in [2.45, 2.75) is 96.8 Å². The highest BCUT2D eigenvalue weighted by atomic mass is 16.3. The molecule has 170 valence electrons. The standard InChI is InChI=1S/C27H45NO2/c1-15-4-7-25-16(2)18-5-6-19-20(22(18)14-28(25)13-15)11-23-21(19)12-26(30)24-10-17(29)8-9-27(23,24)3/h15-26,29-30H,4-14H2,1-3H3/t15-,16-,17+,18-,19-,20-,21+,22+,23+,24-,25+,26+,27-/m1/s1. The van der Waals surface area contributed by atoms with Gasteiger partial charge >= 0.3 is 0 Å². The monoisotopic (exact) mass is 415 g/mol. The quantitative estimate of drug-likeness (QED) is 0.609. The molecular formula is C27H45NO2. The van der Waals surface area contributed by atoms with Crippen LogP contribution in [0, 0.1) is 58.7 Å². The minimum atomic E-state index is -0.181. The highest BCUT2D eigenvalue weighted by Gasteiger charge is 2.62. The third-order valence-corrected chi connectivity index (χ3v) is 12.0. The summed E-state index contributed by atoms with van der Waals surface area (Å²) in [5, 5.41) is 21.5. The Kier molecular flexibility index (Phi) is 4.91. The third kappa shape index (κ3) is 2.86. The molecule has 6 fully saturated rings. The van der Waals surface area contributed by atoms with Crippen LogP contribution < -0.4 is 0 Å².